The van der Waals surface area contributed by atoms with Gasteiger partial charge in [0.2, 0.25) is 0 Å². The van der Waals surface area contributed by atoms with Gasteiger partial charge in [0.05, 0.1) is 15.9 Å². The Morgan fingerprint density at radius 2 is 1.93 bits per heavy atom. The first-order chi connectivity index (χ1) is 14.0. The van der Waals surface area contributed by atoms with E-state index in [1.165, 1.54) is 6.07 Å². The molecule has 2 aromatic carbocycles. The molecule has 0 aliphatic carbocycles. The highest BCUT2D eigenvalue weighted by atomic mass is 35.5. The summed E-state index contributed by atoms with van der Waals surface area (Å²) in [6.45, 7) is 0. The van der Waals surface area contributed by atoms with Gasteiger partial charge in [-0.25, -0.2) is 4.98 Å². The van der Waals surface area contributed by atoms with Crippen LogP contribution in [-0.4, -0.2) is 15.1 Å². The number of aliphatic hydroxyl groups excluding tert-OH is 1. The minimum Gasteiger partial charge on any atom is -0.503 e. The Morgan fingerprint density at radius 1 is 1.14 bits per heavy atom. The van der Waals surface area contributed by atoms with Crippen LogP contribution in [0.15, 0.2) is 63.8 Å². The number of aromatic amines is 1. The number of nitriles is 1. The Bertz CT molecular complexity index is 1380. The van der Waals surface area contributed by atoms with E-state index in [0.717, 1.165) is 0 Å². The second-order valence-electron chi connectivity index (χ2n) is 6.06. The van der Waals surface area contributed by atoms with E-state index in [1.807, 2.05) is 6.07 Å². The number of hydrogen-bond acceptors (Lipinski definition) is 5. The molecule has 0 atom stereocenters. The Hall–Kier alpha value is -3.53. The number of para-hydroxylation sites is 1. The zero-order chi connectivity index (χ0) is 20.5. The number of nitrogens with one attached hydrogen (secondary N) is 1. The number of furan rings is 1. The highest BCUT2D eigenvalue weighted by Gasteiger charge is 2.18. The van der Waals surface area contributed by atoms with Crippen molar-refractivity contribution in [3.63, 3.8) is 0 Å². The molecule has 0 amide bonds. The van der Waals surface area contributed by atoms with E-state index >= 15 is 0 Å². The van der Waals surface area contributed by atoms with Crippen LogP contribution in [0.25, 0.3) is 33.6 Å². The summed E-state index contributed by atoms with van der Waals surface area (Å²) in [5, 5.41) is 21.4. The summed E-state index contributed by atoms with van der Waals surface area (Å²) in [5.41, 5.74) is 0.334. The number of aliphatic hydroxyl groups is 1. The summed E-state index contributed by atoms with van der Waals surface area (Å²) in [5.74, 6) is -0.109. The van der Waals surface area contributed by atoms with Crippen molar-refractivity contribution in [2.45, 2.75) is 0 Å². The van der Waals surface area contributed by atoms with Crippen molar-refractivity contribution in [3.05, 3.63) is 86.6 Å². The van der Waals surface area contributed by atoms with Gasteiger partial charge in [-0.1, -0.05) is 35.3 Å². The Kier molecular flexibility index (Phi) is 4.85. The minimum absolute atomic E-state index is 0.0263. The fourth-order valence-electron chi connectivity index (χ4n) is 2.85. The molecule has 0 spiro atoms. The van der Waals surface area contributed by atoms with Crippen molar-refractivity contribution in [1.82, 2.24) is 9.97 Å². The first-order valence-corrected chi connectivity index (χ1v) is 9.12. The summed E-state index contributed by atoms with van der Waals surface area (Å²) in [4.78, 5) is 19.1. The Balaban J connectivity index is 1.81. The number of allylic oxidation sites excluding steroid dienone is 1. The number of benzene rings is 2. The topological polar surface area (TPSA) is 103 Å². The highest BCUT2D eigenvalue weighted by Crippen LogP contribution is 2.33. The first kappa shape index (κ1) is 18.8. The molecule has 0 aliphatic heterocycles. The molecule has 2 N–H and O–H groups in total. The molecule has 4 aromatic rings. The van der Waals surface area contributed by atoms with Crippen molar-refractivity contribution in [2.24, 2.45) is 0 Å². The number of fused-ring (bicyclic) bond motifs is 1. The van der Waals surface area contributed by atoms with Crippen LogP contribution in [0.2, 0.25) is 10.0 Å². The maximum absolute atomic E-state index is 12.3. The van der Waals surface area contributed by atoms with Crippen LogP contribution in [0.3, 0.4) is 0 Å². The van der Waals surface area contributed by atoms with Crippen LogP contribution in [-0.2, 0) is 0 Å². The van der Waals surface area contributed by atoms with Crippen molar-refractivity contribution >= 4 is 45.4 Å². The monoisotopic (exact) mass is 423 g/mol. The molecule has 0 unspecified atom stereocenters. The van der Waals surface area contributed by atoms with E-state index in [4.69, 9.17) is 27.6 Å². The number of rotatable bonds is 3. The lowest BCUT2D eigenvalue weighted by atomic mass is 10.1. The standard InChI is InChI=1S/C21H11Cl2N3O3/c22-11-5-6-12(15(23)9-11)17-7-8-18(29-17)19(27)14(10-24)20-25-16-4-2-1-3-13(16)21(28)26-20/h1-9,27H,(H,25,26,28). The Labute approximate surface area is 174 Å². The van der Waals surface area contributed by atoms with Gasteiger partial charge in [-0.15, -0.1) is 0 Å². The molecule has 0 saturated carbocycles. The molecule has 0 radical (unpaired) electrons. The van der Waals surface area contributed by atoms with Gasteiger partial charge in [-0.3, -0.25) is 4.79 Å². The van der Waals surface area contributed by atoms with E-state index in [2.05, 4.69) is 9.97 Å². The average molecular weight is 424 g/mol. The molecule has 8 heteroatoms. The molecule has 4 rings (SSSR count). The van der Waals surface area contributed by atoms with Gasteiger partial charge in [0.1, 0.15) is 17.4 Å². The van der Waals surface area contributed by atoms with Crippen molar-refractivity contribution in [3.8, 4) is 17.4 Å². The average Bonchev–Trinajstić information content (AvgIpc) is 3.18. The molecule has 6 nitrogen and oxygen atoms in total. The molecular weight excluding hydrogens is 413 g/mol. The number of nitrogens with zero attached hydrogens (tertiary/aromatic N) is 2. The van der Waals surface area contributed by atoms with Gasteiger partial charge in [-0.05, 0) is 42.5 Å². The van der Waals surface area contributed by atoms with Gasteiger partial charge in [-0.2, -0.15) is 5.26 Å². The van der Waals surface area contributed by atoms with E-state index in [-0.39, 0.29) is 17.2 Å². The number of hydrogen-bond donors (Lipinski definition) is 2. The van der Waals surface area contributed by atoms with Crippen molar-refractivity contribution < 1.29 is 9.52 Å². The van der Waals surface area contributed by atoms with E-state index < -0.39 is 11.3 Å². The van der Waals surface area contributed by atoms with Gasteiger partial charge >= 0.3 is 0 Å². The molecule has 2 heterocycles. The predicted molar refractivity (Wildman–Crippen MR) is 112 cm³/mol. The summed E-state index contributed by atoms with van der Waals surface area (Å²) in [6, 6.07) is 16.6. The van der Waals surface area contributed by atoms with E-state index in [9.17, 15) is 15.2 Å². The zero-order valence-corrected chi connectivity index (χ0v) is 16.1. The summed E-state index contributed by atoms with van der Waals surface area (Å²) in [6.07, 6.45) is 0. The van der Waals surface area contributed by atoms with Crippen LogP contribution >= 0.6 is 23.2 Å². The van der Waals surface area contributed by atoms with Crippen LogP contribution < -0.4 is 5.56 Å². The first-order valence-electron chi connectivity index (χ1n) is 8.36. The van der Waals surface area contributed by atoms with Gasteiger partial charge < -0.3 is 14.5 Å². The summed E-state index contributed by atoms with van der Waals surface area (Å²) in [7, 11) is 0. The third-order valence-electron chi connectivity index (χ3n) is 4.23. The molecule has 0 fully saturated rings. The summed E-state index contributed by atoms with van der Waals surface area (Å²) < 4.78 is 5.67. The lowest BCUT2D eigenvalue weighted by Crippen LogP contribution is -2.11. The van der Waals surface area contributed by atoms with Crippen LogP contribution in [0, 0.1) is 11.3 Å². The third kappa shape index (κ3) is 3.49. The molecule has 142 valence electrons. The molecule has 0 bridgehead atoms. The zero-order valence-electron chi connectivity index (χ0n) is 14.6. The van der Waals surface area contributed by atoms with Gasteiger partial charge in [0.25, 0.3) is 5.56 Å². The molecule has 2 aromatic heterocycles. The largest absolute Gasteiger partial charge is 0.503 e. The van der Waals surface area contributed by atoms with Crippen molar-refractivity contribution in [2.75, 3.05) is 0 Å². The summed E-state index contributed by atoms with van der Waals surface area (Å²) >= 11 is 12.1. The smallest absolute Gasteiger partial charge is 0.259 e. The molecule has 0 aliphatic rings. The second kappa shape index (κ2) is 7.47. The lowest BCUT2D eigenvalue weighted by Gasteiger charge is -2.04. The number of H-pyrrole nitrogens is 1. The predicted octanol–water partition coefficient (Wildman–Crippen LogP) is 5.44. The number of aromatic nitrogens is 2. The fourth-order valence-corrected chi connectivity index (χ4v) is 3.35. The number of halogens is 2. The van der Waals surface area contributed by atoms with Gasteiger partial charge in [0, 0.05) is 10.6 Å². The van der Waals surface area contributed by atoms with Crippen molar-refractivity contribution in [1.29, 1.82) is 5.26 Å². The molecule has 0 saturated heterocycles. The van der Waals surface area contributed by atoms with E-state index in [1.54, 1.807) is 48.5 Å². The third-order valence-corrected chi connectivity index (χ3v) is 4.78. The minimum atomic E-state index is -0.456. The van der Waals surface area contributed by atoms with Crippen LogP contribution in [0.5, 0.6) is 0 Å². The SMILES string of the molecule is N#CC(=C(O)c1ccc(-c2ccc(Cl)cc2Cl)o1)c1nc2ccccc2c(=O)[nH]1. The van der Waals surface area contributed by atoms with Crippen LogP contribution in [0.4, 0.5) is 0 Å². The second-order valence-corrected chi connectivity index (χ2v) is 6.90. The molecule has 29 heavy (non-hydrogen) atoms. The maximum Gasteiger partial charge on any atom is 0.259 e. The Morgan fingerprint density at radius 3 is 2.69 bits per heavy atom. The lowest BCUT2D eigenvalue weighted by molar-refractivity contribution is 0.465. The highest BCUT2D eigenvalue weighted by molar-refractivity contribution is 6.36. The van der Waals surface area contributed by atoms with Crippen LogP contribution in [0.1, 0.15) is 11.6 Å². The maximum atomic E-state index is 12.3. The normalized spacial score (nSPS) is 11.9. The quantitative estimate of drug-likeness (QED) is 0.337. The fraction of sp³-hybridized carbons (Fsp3) is 0. The molecular formula is C21H11Cl2N3O3. The van der Waals surface area contributed by atoms with E-state index in [0.29, 0.717) is 32.3 Å². The van der Waals surface area contributed by atoms with Gasteiger partial charge in [0.15, 0.2) is 17.3 Å².